The number of amides is 1. The Balaban J connectivity index is 1.48. The maximum Gasteiger partial charge on any atom is 0.227 e. The average molecular weight is 338 g/mol. The number of rotatable bonds is 4. The summed E-state index contributed by atoms with van der Waals surface area (Å²) in [5.41, 5.74) is 2.15. The maximum atomic E-state index is 12.5. The standard InChI is InChI=1S/C18H18N4OS/c23-17(10-14-7-9-24-12-14)21-8-6-16(11-21)22-13-19-20-18(22)15-4-2-1-3-5-15/h1-5,7,9,12-13,16H,6,8,10-11H2/t16-/m1/s1. The molecule has 1 atom stereocenters. The van der Waals surface area contributed by atoms with Crippen LogP contribution < -0.4 is 0 Å². The van der Waals surface area contributed by atoms with Crippen LogP contribution in [-0.4, -0.2) is 38.7 Å². The van der Waals surface area contributed by atoms with Gasteiger partial charge in [-0.2, -0.15) is 11.3 Å². The van der Waals surface area contributed by atoms with Gasteiger partial charge in [0.1, 0.15) is 6.33 Å². The summed E-state index contributed by atoms with van der Waals surface area (Å²) in [6.45, 7) is 1.51. The number of likely N-dealkylation sites (tertiary alicyclic amines) is 1. The van der Waals surface area contributed by atoms with Crippen molar-refractivity contribution in [2.75, 3.05) is 13.1 Å². The van der Waals surface area contributed by atoms with E-state index in [0.717, 1.165) is 36.5 Å². The van der Waals surface area contributed by atoms with E-state index in [1.54, 1.807) is 17.7 Å². The largest absolute Gasteiger partial charge is 0.340 e. The second kappa shape index (κ2) is 6.57. The summed E-state index contributed by atoms with van der Waals surface area (Å²) >= 11 is 1.63. The van der Waals surface area contributed by atoms with E-state index >= 15 is 0 Å². The molecule has 2 aromatic heterocycles. The van der Waals surface area contributed by atoms with Crippen molar-refractivity contribution in [1.82, 2.24) is 19.7 Å². The number of carbonyl (C=O) groups excluding carboxylic acids is 1. The molecule has 0 unspecified atom stereocenters. The summed E-state index contributed by atoms with van der Waals surface area (Å²) in [5, 5.41) is 12.4. The summed E-state index contributed by atoms with van der Waals surface area (Å²) in [6.07, 6.45) is 3.21. The molecule has 1 aliphatic heterocycles. The molecule has 3 aromatic rings. The van der Waals surface area contributed by atoms with E-state index in [9.17, 15) is 4.79 Å². The molecule has 1 amide bonds. The highest BCUT2D eigenvalue weighted by molar-refractivity contribution is 7.08. The lowest BCUT2D eigenvalue weighted by Crippen LogP contribution is -2.30. The Labute approximate surface area is 144 Å². The fraction of sp³-hybridized carbons (Fsp3) is 0.278. The van der Waals surface area contributed by atoms with Gasteiger partial charge in [0.25, 0.3) is 0 Å². The predicted octanol–water partition coefficient (Wildman–Crippen LogP) is 3.02. The van der Waals surface area contributed by atoms with Gasteiger partial charge in [-0.1, -0.05) is 30.3 Å². The molecule has 1 aliphatic rings. The third-order valence-electron chi connectivity index (χ3n) is 4.45. The predicted molar refractivity (Wildman–Crippen MR) is 93.7 cm³/mol. The van der Waals surface area contributed by atoms with Crippen molar-refractivity contribution in [2.45, 2.75) is 18.9 Å². The number of hydrogen-bond acceptors (Lipinski definition) is 4. The van der Waals surface area contributed by atoms with Crippen molar-refractivity contribution in [3.05, 3.63) is 59.0 Å². The van der Waals surface area contributed by atoms with E-state index in [4.69, 9.17) is 0 Å². The van der Waals surface area contributed by atoms with E-state index in [1.807, 2.05) is 52.1 Å². The molecule has 0 radical (unpaired) electrons. The first-order valence-electron chi connectivity index (χ1n) is 8.05. The van der Waals surface area contributed by atoms with Crippen LogP contribution in [0.4, 0.5) is 0 Å². The molecule has 1 saturated heterocycles. The van der Waals surface area contributed by atoms with Crippen molar-refractivity contribution in [2.24, 2.45) is 0 Å². The highest BCUT2D eigenvalue weighted by atomic mass is 32.1. The van der Waals surface area contributed by atoms with Crippen molar-refractivity contribution < 1.29 is 4.79 Å². The minimum Gasteiger partial charge on any atom is -0.340 e. The Hall–Kier alpha value is -2.47. The van der Waals surface area contributed by atoms with E-state index in [1.165, 1.54) is 0 Å². The molecule has 1 aromatic carbocycles. The van der Waals surface area contributed by atoms with Crippen LogP contribution in [0.2, 0.25) is 0 Å². The molecule has 0 bridgehead atoms. The summed E-state index contributed by atoms with van der Waals surface area (Å²) in [6, 6.07) is 12.3. The van der Waals surface area contributed by atoms with E-state index in [0.29, 0.717) is 6.42 Å². The number of benzene rings is 1. The third kappa shape index (κ3) is 2.97. The van der Waals surface area contributed by atoms with Crippen molar-refractivity contribution in [3.63, 3.8) is 0 Å². The first-order chi connectivity index (χ1) is 11.8. The van der Waals surface area contributed by atoms with Gasteiger partial charge in [-0.3, -0.25) is 4.79 Å². The topological polar surface area (TPSA) is 51.0 Å². The number of hydrogen-bond donors (Lipinski definition) is 0. The molecule has 24 heavy (non-hydrogen) atoms. The minimum atomic E-state index is 0.199. The molecule has 6 heteroatoms. The molecule has 5 nitrogen and oxygen atoms in total. The Morgan fingerprint density at radius 3 is 2.92 bits per heavy atom. The second-order valence-corrected chi connectivity index (χ2v) is 6.80. The Kier molecular flexibility index (Phi) is 4.13. The van der Waals surface area contributed by atoms with E-state index in [-0.39, 0.29) is 11.9 Å². The molecule has 0 aliphatic carbocycles. The lowest BCUT2D eigenvalue weighted by Gasteiger charge is -2.17. The normalized spacial score (nSPS) is 17.3. The van der Waals surface area contributed by atoms with Gasteiger partial charge in [-0.05, 0) is 28.8 Å². The van der Waals surface area contributed by atoms with Crippen molar-refractivity contribution in [3.8, 4) is 11.4 Å². The zero-order valence-electron chi connectivity index (χ0n) is 13.2. The van der Waals surface area contributed by atoms with E-state index < -0.39 is 0 Å². The van der Waals surface area contributed by atoms with Crippen LogP contribution >= 0.6 is 11.3 Å². The van der Waals surface area contributed by atoms with Gasteiger partial charge < -0.3 is 9.47 Å². The van der Waals surface area contributed by atoms with Crippen LogP contribution in [-0.2, 0) is 11.2 Å². The molecule has 3 heterocycles. The molecule has 4 rings (SSSR count). The number of nitrogens with zero attached hydrogens (tertiary/aromatic N) is 4. The van der Waals surface area contributed by atoms with Crippen LogP contribution in [0.3, 0.4) is 0 Å². The first-order valence-corrected chi connectivity index (χ1v) is 8.99. The molecule has 0 spiro atoms. The lowest BCUT2D eigenvalue weighted by molar-refractivity contribution is -0.129. The summed E-state index contributed by atoms with van der Waals surface area (Å²) < 4.78 is 2.10. The molecular weight excluding hydrogens is 320 g/mol. The lowest BCUT2D eigenvalue weighted by atomic mass is 10.2. The summed E-state index contributed by atoms with van der Waals surface area (Å²) in [5.74, 6) is 1.07. The van der Waals surface area contributed by atoms with E-state index in [2.05, 4.69) is 14.8 Å². The Morgan fingerprint density at radius 2 is 2.12 bits per heavy atom. The zero-order valence-corrected chi connectivity index (χ0v) is 14.0. The third-order valence-corrected chi connectivity index (χ3v) is 5.18. The van der Waals surface area contributed by atoms with Gasteiger partial charge in [-0.15, -0.1) is 10.2 Å². The minimum absolute atomic E-state index is 0.199. The second-order valence-electron chi connectivity index (χ2n) is 6.02. The average Bonchev–Trinajstić information content (AvgIpc) is 3.36. The van der Waals surface area contributed by atoms with Gasteiger partial charge in [0.15, 0.2) is 5.82 Å². The summed E-state index contributed by atoms with van der Waals surface area (Å²) in [4.78, 5) is 14.4. The molecular formula is C18H18N4OS. The first kappa shape index (κ1) is 15.1. The van der Waals surface area contributed by atoms with Crippen LogP contribution in [0.25, 0.3) is 11.4 Å². The van der Waals surface area contributed by atoms with Gasteiger partial charge in [0.05, 0.1) is 12.5 Å². The maximum absolute atomic E-state index is 12.5. The fourth-order valence-corrected chi connectivity index (χ4v) is 3.85. The zero-order chi connectivity index (χ0) is 16.4. The highest BCUT2D eigenvalue weighted by Gasteiger charge is 2.29. The summed E-state index contributed by atoms with van der Waals surface area (Å²) in [7, 11) is 0. The van der Waals surface area contributed by atoms with Crippen LogP contribution in [0, 0.1) is 0 Å². The van der Waals surface area contributed by atoms with Gasteiger partial charge >= 0.3 is 0 Å². The van der Waals surface area contributed by atoms with Gasteiger partial charge in [0, 0.05) is 18.7 Å². The smallest absolute Gasteiger partial charge is 0.227 e. The monoisotopic (exact) mass is 338 g/mol. The Bertz CT molecular complexity index is 813. The van der Waals surface area contributed by atoms with Crippen molar-refractivity contribution >= 4 is 17.2 Å². The molecule has 0 N–H and O–H groups in total. The number of aromatic nitrogens is 3. The Morgan fingerprint density at radius 1 is 1.25 bits per heavy atom. The molecule has 1 fully saturated rings. The number of carbonyl (C=O) groups is 1. The quantitative estimate of drug-likeness (QED) is 0.735. The van der Waals surface area contributed by atoms with Crippen LogP contribution in [0.1, 0.15) is 18.0 Å². The highest BCUT2D eigenvalue weighted by Crippen LogP contribution is 2.27. The fourth-order valence-electron chi connectivity index (χ4n) is 3.18. The molecule has 0 saturated carbocycles. The number of thiophene rings is 1. The van der Waals surface area contributed by atoms with Gasteiger partial charge in [-0.25, -0.2) is 0 Å². The van der Waals surface area contributed by atoms with Crippen LogP contribution in [0.5, 0.6) is 0 Å². The SMILES string of the molecule is O=C(Cc1ccsc1)N1CC[C@@H](n2cnnc2-c2ccccc2)C1. The van der Waals surface area contributed by atoms with Crippen molar-refractivity contribution in [1.29, 1.82) is 0 Å². The van der Waals surface area contributed by atoms with Crippen LogP contribution in [0.15, 0.2) is 53.5 Å². The van der Waals surface area contributed by atoms with Gasteiger partial charge in [0.2, 0.25) is 5.91 Å². The molecule has 122 valence electrons.